The van der Waals surface area contributed by atoms with Gasteiger partial charge in [-0.05, 0) is 36.5 Å². The van der Waals surface area contributed by atoms with E-state index in [1.54, 1.807) is 0 Å². The molecule has 3 rings (SSSR count). The van der Waals surface area contributed by atoms with Crippen molar-refractivity contribution in [3.05, 3.63) is 24.3 Å². The zero-order valence-electron chi connectivity index (χ0n) is 6.35. The van der Waals surface area contributed by atoms with Crippen LogP contribution in [0.3, 0.4) is 0 Å². The molecule has 0 aromatic heterocycles. The van der Waals surface area contributed by atoms with Crippen LogP contribution in [0.5, 0.6) is 0 Å². The average Bonchev–Trinajstić information content (AvgIpc) is 2.60. The molecule has 2 bridgehead atoms. The second-order valence-electron chi connectivity index (χ2n) is 3.85. The second kappa shape index (κ2) is 2.49. The maximum atomic E-state index is 2.44. The Bertz CT molecular complexity index is 217. The Balaban J connectivity index is 0.000000480. The van der Waals surface area contributed by atoms with Gasteiger partial charge in [0.1, 0.15) is 0 Å². The van der Waals surface area contributed by atoms with Gasteiger partial charge in [0.05, 0.1) is 0 Å². The molecule has 3 aliphatic rings. The predicted molar refractivity (Wildman–Crippen MR) is 41.5 cm³/mol. The molecule has 0 aliphatic heterocycles. The quantitative estimate of drug-likeness (QED) is 0.407. The summed E-state index contributed by atoms with van der Waals surface area (Å²) in [5, 5.41) is 0. The maximum Gasteiger partial charge on any atom is 2.00 e. The fourth-order valence-corrected chi connectivity index (χ4v) is 2.97. The summed E-state index contributed by atoms with van der Waals surface area (Å²) < 4.78 is 0. The molecule has 0 aromatic carbocycles. The summed E-state index contributed by atoms with van der Waals surface area (Å²) in [6, 6.07) is 0. The first-order valence-corrected chi connectivity index (χ1v) is 4.30. The monoisotopic (exact) mass is 190 g/mol. The van der Waals surface area contributed by atoms with Crippen LogP contribution in [-0.2, 0) is 16.5 Å². The van der Waals surface area contributed by atoms with Crippen LogP contribution in [0.15, 0.2) is 24.3 Å². The number of hydrogen-bond acceptors (Lipinski definition) is 0. The predicted octanol–water partition coefficient (Wildman–Crippen LogP) is 2.38. The molecule has 1 saturated carbocycles. The number of rotatable bonds is 0. The van der Waals surface area contributed by atoms with Gasteiger partial charge in [0.15, 0.2) is 0 Å². The van der Waals surface area contributed by atoms with Gasteiger partial charge in [-0.15, -0.1) is 0 Å². The van der Waals surface area contributed by atoms with E-state index < -0.39 is 0 Å². The first-order chi connectivity index (χ1) is 4.95. The largest absolute Gasteiger partial charge is 2.00 e. The minimum absolute atomic E-state index is 0. The Morgan fingerprint density at radius 3 is 2.64 bits per heavy atom. The molecule has 0 spiro atoms. The van der Waals surface area contributed by atoms with Crippen LogP contribution >= 0.6 is 0 Å². The molecule has 11 heavy (non-hydrogen) atoms. The molecular weight excluding hydrogens is 179 g/mol. The van der Waals surface area contributed by atoms with Gasteiger partial charge in [0.2, 0.25) is 0 Å². The van der Waals surface area contributed by atoms with E-state index in [0.717, 1.165) is 23.7 Å². The van der Waals surface area contributed by atoms with E-state index in [1.807, 2.05) is 0 Å². The van der Waals surface area contributed by atoms with E-state index in [-0.39, 0.29) is 16.5 Å². The average molecular weight is 191 g/mol. The van der Waals surface area contributed by atoms with E-state index in [4.69, 9.17) is 0 Å². The molecule has 1 heteroatoms. The summed E-state index contributed by atoms with van der Waals surface area (Å²) in [4.78, 5) is 0. The SMILES string of the molecule is C1=CC2C3C=CC(C3)C2C1.[Ni+2]. The third-order valence-electron chi connectivity index (χ3n) is 3.46. The smallest absolute Gasteiger partial charge is 0.0879 e. The van der Waals surface area contributed by atoms with E-state index in [1.165, 1.54) is 12.8 Å². The summed E-state index contributed by atoms with van der Waals surface area (Å²) in [5.74, 6) is 3.82. The number of fused-ring (bicyclic) bond motifs is 5. The van der Waals surface area contributed by atoms with Crippen LogP contribution in [0.25, 0.3) is 0 Å². The zero-order valence-corrected chi connectivity index (χ0v) is 7.34. The van der Waals surface area contributed by atoms with Crippen molar-refractivity contribution in [3.8, 4) is 0 Å². The van der Waals surface area contributed by atoms with Crippen molar-refractivity contribution in [2.24, 2.45) is 23.7 Å². The second-order valence-corrected chi connectivity index (χ2v) is 3.85. The molecule has 60 valence electrons. The van der Waals surface area contributed by atoms with Gasteiger partial charge in [0, 0.05) is 0 Å². The Kier molecular flexibility index (Phi) is 1.72. The van der Waals surface area contributed by atoms with Crippen molar-refractivity contribution in [1.29, 1.82) is 0 Å². The van der Waals surface area contributed by atoms with Crippen molar-refractivity contribution in [2.75, 3.05) is 0 Å². The minimum atomic E-state index is 0. The summed E-state index contributed by atoms with van der Waals surface area (Å²) in [7, 11) is 0. The zero-order chi connectivity index (χ0) is 6.55. The molecule has 4 atom stereocenters. The Labute approximate surface area is 77.7 Å². The van der Waals surface area contributed by atoms with E-state index in [0.29, 0.717) is 0 Å². The van der Waals surface area contributed by atoms with Crippen molar-refractivity contribution in [2.45, 2.75) is 12.8 Å². The molecular formula is C10H12Ni+2. The number of hydrogen-bond donors (Lipinski definition) is 0. The Morgan fingerprint density at radius 2 is 1.82 bits per heavy atom. The third kappa shape index (κ3) is 0.872. The van der Waals surface area contributed by atoms with Gasteiger partial charge in [-0.3, -0.25) is 0 Å². The van der Waals surface area contributed by atoms with Crippen LogP contribution < -0.4 is 0 Å². The molecule has 0 saturated heterocycles. The molecule has 3 aliphatic carbocycles. The molecule has 0 nitrogen and oxygen atoms in total. The fraction of sp³-hybridized carbons (Fsp3) is 0.600. The van der Waals surface area contributed by atoms with Crippen LogP contribution in [0.2, 0.25) is 0 Å². The topological polar surface area (TPSA) is 0 Å². The van der Waals surface area contributed by atoms with Crippen LogP contribution in [0, 0.1) is 23.7 Å². The van der Waals surface area contributed by atoms with Crippen molar-refractivity contribution in [1.82, 2.24) is 0 Å². The van der Waals surface area contributed by atoms with Crippen LogP contribution in [-0.4, -0.2) is 0 Å². The molecule has 0 radical (unpaired) electrons. The number of allylic oxidation sites excluding steroid dienone is 4. The summed E-state index contributed by atoms with van der Waals surface area (Å²) >= 11 is 0. The van der Waals surface area contributed by atoms with Gasteiger partial charge in [-0.1, -0.05) is 24.3 Å². The normalized spacial score (nSPS) is 49.5. The fourth-order valence-electron chi connectivity index (χ4n) is 2.97. The molecule has 0 amide bonds. The van der Waals surface area contributed by atoms with Gasteiger partial charge < -0.3 is 0 Å². The summed E-state index contributed by atoms with van der Waals surface area (Å²) in [6.45, 7) is 0. The van der Waals surface area contributed by atoms with Crippen molar-refractivity contribution in [3.63, 3.8) is 0 Å². The Hall–Kier alpha value is -0.0265. The van der Waals surface area contributed by atoms with Gasteiger partial charge in [0.25, 0.3) is 0 Å². The van der Waals surface area contributed by atoms with E-state index >= 15 is 0 Å². The molecule has 0 N–H and O–H groups in total. The third-order valence-corrected chi connectivity index (χ3v) is 3.46. The summed E-state index contributed by atoms with van der Waals surface area (Å²) in [5.41, 5.74) is 0. The molecule has 0 aromatic rings. The molecule has 4 unspecified atom stereocenters. The van der Waals surface area contributed by atoms with E-state index in [2.05, 4.69) is 24.3 Å². The maximum absolute atomic E-state index is 2.44. The summed E-state index contributed by atoms with van der Waals surface area (Å²) in [6.07, 6.45) is 12.5. The minimum Gasteiger partial charge on any atom is -0.0879 e. The van der Waals surface area contributed by atoms with Crippen molar-refractivity contribution < 1.29 is 16.5 Å². The standard InChI is InChI=1S/C10H12.Ni/c1-2-9-7-4-5-8(6-7)10(9)3-1;/h1-2,4-5,7-10H,3,6H2;/q;+2. The Morgan fingerprint density at radius 1 is 1.00 bits per heavy atom. The molecule has 0 heterocycles. The molecule has 1 fully saturated rings. The van der Waals surface area contributed by atoms with Gasteiger partial charge >= 0.3 is 16.5 Å². The van der Waals surface area contributed by atoms with Crippen LogP contribution in [0.1, 0.15) is 12.8 Å². The van der Waals surface area contributed by atoms with Gasteiger partial charge in [-0.25, -0.2) is 0 Å². The van der Waals surface area contributed by atoms with Crippen LogP contribution in [0.4, 0.5) is 0 Å². The van der Waals surface area contributed by atoms with Crippen molar-refractivity contribution >= 4 is 0 Å². The van der Waals surface area contributed by atoms with E-state index in [9.17, 15) is 0 Å². The van der Waals surface area contributed by atoms with Gasteiger partial charge in [-0.2, -0.15) is 0 Å². The first-order valence-electron chi connectivity index (χ1n) is 4.30. The first kappa shape index (κ1) is 7.61.